The number of rotatable bonds is 9. The maximum Gasteiger partial charge on any atom is 0.303 e. The number of aromatic nitrogens is 5. The van der Waals surface area contributed by atoms with Crippen LogP contribution >= 0.6 is 0 Å². The van der Waals surface area contributed by atoms with Gasteiger partial charge in [-0.15, -0.1) is 5.10 Å². The normalized spacial score (nSPS) is 15.9. The van der Waals surface area contributed by atoms with E-state index in [2.05, 4.69) is 17.2 Å². The highest BCUT2D eigenvalue weighted by atomic mass is 16.4. The van der Waals surface area contributed by atoms with Crippen molar-refractivity contribution in [3.05, 3.63) is 57.8 Å². The molecule has 1 atom stereocenters. The summed E-state index contributed by atoms with van der Waals surface area (Å²) in [5.41, 5.74) is 4.38. The molecule has 1 amide bonds. The van der Waals surface area contributed by atoms with Gasteiger partial charge in [0.1, 0.15) is 5.69 Å². The third-order valence-electron chi connectivity index (χ3n) is 6.64. The molecule has 1 N–H and O–H groups in total. The largest absolute Gasteiger partial charge is 0.481 e. The molecule has 1 fully saturated rings. The van der Waals surface area contributed by atoms with Gasteiger partial charge in [0.2, 0.25) is 5.91 Å². The lowest BCUT2D eigenvalue weighted by Crippen LogP contribution is -2.41. The van der Waals surface area contributed by atoms with Crippen molar-refractivity contribution in [3.8, 4) is 11.4 Å². The molecule has 3 aromatic rings. The smallest absolute Gasteiger partial charge is 0.303 e. The number of nitrogens with zero attached hydrogens (tertiary/aromatic N) is 6. The highest BCUT2D eigenvalue weighted by Gasteiger charge is 2.30. The van der Waals surface area contributed by atoms with Crippen LogP contribution in [-0.4, -0.2) is 48.1 Å². The summed E-state index contributed by atoms with van der Waals surface area (Å²) in [5, 5.41) is 17.7. The Labute approximate surface area is 209 Å². The second-order valence-electron chi connectivity index (χ2n) is 9.28. The summed E-state index contributed by atoms with van der Waals surface area (Å²) >= 11 is 0. The monoisotopic (exact) mass is 492 g/mol. The van der Waals surface area contributed by atoms with E-state index in [-0.39, 0.29) is 23.8 Å². The number of anilines is 1. The van der Waals surface area contributed by atoms with E-state index in [1.807, 2.05) is 31.3 Å². The number of pyridine rings is 2. The fourth-order valence-electron chi connectivity index (χ4n) is 4.75. The van der Waals surface area contributed by atoms with Gasteiger partial charge in [-0.05, 0) is 42.9 Å². The van der Waals surface area contributed by atoms with E-state index >= 15 is 0 Å². The number of amides is 1. The van der Waals surface area contributed by atoms with Crippen molar-refractivity contribution in [2.45, 2.75) is 58.9 Å². The third kappa shape index (κ3) is 5.37. The first-order valence-corrected chi connectivity index (χ1v) is 12.4. The van der Waals surface area contributed by atoms with Crippen LogP contribution in [0, 0.1) is 5.92 Å². The molecule has 0 radical (unpaired) electrons. The maximum atomic E-state index is 12.7. The average molecular weight is 493 g/mol. The Bertz CT molecular complexity index is 1330. The van der Waals surface area contributed by atoms with E-state index < -0.39 is 5.97 Å². The number of hydrogen-bond acceptors (Lipinski definition) is 6. The number of carbonyl (C=O) groups excluding carboxylic acids is 1. The Balaban J connectivity index is 1.66. The minimum absolute atomic E-state index is 0.0209. The lowest BCUT2D eigenvalue weighted by molar-refractivity contribution is -0.138. The number of hydrogen-bond donors (Lipinski definition) is 1. The van der Waals surface area contributed by atoms with Crippen molar-refractivity contribution in [2.75, 3.05) is 11.4 Å². The molecule has 0 bridgehead atoms. The number of carboxylic acids is 1. The first-order chi connectivity index (χ1) is 17.3. The molecule has 1 aliphatic rings. The quantitative estimate of drug-likeness (QED) is 0.487. The molecular formula is C26H32N6O4. The van der Waals surface area contributed by atoms with Gasteiger partial charge in [0, 0.05) is 38.7 Å². The minimum Gasteiger partial charge on any atom is -0.481 e. The molecule has 190 valence electrons. The first-order valence-electron chi connectivity index (χ1n) is 12.4. The van der Waals surface area contributed by atoms with Crippen LogP contribution in [0.5, 0.6) is 0 Å². The average Bonchev–Trinajstić information content (AvgIpc) is 3.22. The standard InChI is InChI=1S/C26H32N6O4/c1-4-6-17-7-11-23(33)31(14-17)16-22-26(28-29-30(22)3)20-9-10-21(19(5-2)27-20)32-15-18(13-25(35)36)8-12-24(32)34/h7,9-11,14,18H,4-6,8,12-13,15-16H2,1-3H3,(H,35,36). The van der Waals surface area contributed by atoms with E-state index in [0.717, 1.165) is 29.8 Å². The van der Waals surface area contributed by atoms with Crippen LogP contribution < -0.4 is 10.5 Å². The van der Waals surface area contributed by atoms with E-state index in [4.69, 9.17) is 4.98 Å². The fourth-order valence-corrected chi connectivity index (χ4v) is 4.75. The number of carboxylic acid groups (broad SMARTS) is 1. The Morgan fingerprint density at radius 3 is 2.69 bits per heavy atom. The Kier molecular flexibility index (Phi) is 7.61. The third-order valence-corrected chi connectivity index (χ3v) is 6.64. The summed E-state index contributed by atoms with van der Waals surface area (Å²) in [6.07, 6.45) is 5.29. The van der Waals surface area contributed by atoms with Crippen LogP contribution in [0.3, 0.4) is 0 Å². The van der Waals surface area contributed by atoms with Gasteiger partial charge in [0.15, 0.2) is 0 Å². The zero-order chi connectivity index (χ0) is 25.8. The second-order valence-corrected chi connectivity index (χ2v) is 9.28. The molecule has 1 unspecified atom stereocenters. The molecule has 4 rings (SSSR count). The first kappa shape index (κ1) is 25.3. The molecule has 3 aromatic heterocycles. The topological polar surface area (TPSA) is 123 Å². The molecule has 0 saturated carbocycles. The van der Waals surface area contributed by atoms with E-state index in [0.29, 0.717) is 49.4 Å². The van der Waals surface area contributed by atoms with Crippen molar-refractivity contribution < 1.29 is 14.7 Å². The van der Waals surface area contributed by atoms with Crippen molar-refractivity contribution in [2.24, 2.45) is 13.0 Å². The van der Waals surface area contributed by atoms with Gasteiger partial charge in [0.25, 0.3) is 5.56 Å². The molecule has 10 heteroatoms. The van der Waals surface area contributed by atoms with Crippen molar-refractivity contribution in [3.63, 3.8) is 0 Å². The number of piperidine rings is 1. The van der Waals surface area contributed by atoms with Crippen LogP contribution in [0.1, 0.15) is 56.5 Å². The highest BCUT2D eigenvalue weighted by molar-refractivity contribution is 5.95. The van der Waals surface area contributed by atoms with Crippen LogP contribution in [0.25, 0.3) is 11.4 Å². The summed E-state index contributed by atoms with van der Waals surface area (Å²) < 4.78 is 3.32. The fraction of sp³-hybridized carbons (Fsp3) is 0.462. The molecule has 0 spiro atoms. The van der Waals surface area contributed by atoms with Crippen molar-refractivity contribution >= 4 is 17.6 Å². The van der Waals surface area contributed by atoms with Crippen LogP contribution in [-0.2, 0) is 36.0 Å². The number of aryl methyl sites for hydroxylation is 3. The lowest BCUT2D eigenvalue weighted by atomic mass is 9.93. The molecule has 1 aliphatic heterocycles. The van der Waals surface area contributed by atoms with Gasteiger partial charge >= 0.3 is 5.97 Å². The van der Waals surface area contributed by atoms with Gasteiger partial charge in [-0.2, -0.15) is 0 Å². The Hall–Kier alpha value is -3.82. The Morgan fingerprint density at radius 2 is 1.97 bits per heavy atom. The van der Waals surface area contributed by atoms with Gasteiger partial charge in [-0.3, -0.25) is 14.4 Å². The van der Waals surface area contributed by atoms with E-state index in [9.17, 15) is 19.5 Å². The summed E-state index contributed by atoms with van der Waals surface area (Å²) in [7, 11) is 1.79. The van der Waals surface area contributed by atoms with Crippen molar-refractivity contribution in [1.29, 1.82) is 0 Å². The van der Waals surface area contributed by atoms with E-state index in [1.54, 1.807) is 27.3 Å². The SMILES string of the molecule is CCCc1ccc(=O)n(Cc2c(-c3ccc(N4CC(CC(=O)O)CCC4=O)c(CC)n3)nnn2C)c1. The summed E-state index contributed by atoms with van der Waals surface area (Å²) in [4.78, 5) is 42.9. The van der Waals surface area contributed by atoms with Gasteiger partial charge in [-0.1, -0.05) is 31.5 Å². The van der Waals surface area contributed by atoms with Crippen LogP contribution in [0.15, 0.2) is 35.3 Å². The van der Waals surface area contributed by atoms with Gasteiger partial charge in [0.05, 0.1) is 29.3 Å². The molecule has 10 nitrogen and oxygen atoms in total. The molecule has 4 heterocycles. The predicted molar refractivity (Wildman–Crippen MR) is 135 cm³/mol. The van der Waals surface area contributed by atoms with Crippen LogP contribution in [0.2, 0.25) is 0 Å². The zero-order valence-electron chi connectivity index (χ0n) is 21.0. The molecular weight excluding hydrogens is 460 g/mol. The van der Waals surface area contributed by atoms with E-state index in [1.165, 1.54) is 0 Å². The summed E-state index contributed by atoms with van der Waals surface area (Å²) in [6, 6.07) is 7.12. The molecule has 36 heavy (non-hydrogen) atoms. The number of carbonyl (C=O) groups is 2. The van der Waals surface area contributed by atoms with Crippen molar-refractivity contribution in [1.82, 2.24) is 24.5 Å². The molecule has 0 aliphatic carbocycles. The predicted octanol–water partition coefficient (Wildman–Crippen LogP) is 2.82. The summed E-state index contributed by atoms with van der Waals surface area (Å²) in [5.74, 6) is -0.960. The molecule has 1 saturated heterocycles. The number of aliphatic carboxylic acids is 1. The Morgan fingerprint density at radius 1 is 1.17 bits per heavy atom. The molecule has 0 aromatic carbocycles. The lowest BCUT2D eigenvalue weighted by Gasteiger charge is -2.33. The van der Waals surface area contributed by atoms with Crippen LogP contribution in [0.4, 0.5) is 5.69 Å². The maximum absolute atomic E-state index is 12.7. The zero-order valence-corrected chi connectivity index (χ0v) is 21.0. The summed E-state index contributed by atoms with van der Waals surface area (Å²) in [6.45, 7) is 4.74. The second kappa shape index (κ2) is 10.8. The minimum atomic E-state index is -0.854. The van der Waals surface area contributed by atoms with Gasteiger partial charge < -0.3 is 14.6 Å². The van der Waals surface area contributed by atoms with Gasteiger partial charge in [-0.25, -0.2) is 9.67 Å². The highest BCUT2D eigenvalue weighted by Crippen LogP contribution is 2.31.